The minimum atomic E-state index is -0.812. The Kier molecular flexibility index (Phi) is 4.04. The number of halogens is 1. The van der Waals surface area contributed by atoms with Gasteiger partial charge in [0.25, 0.3) is 0 Å². The maximum atomic E-state index is 10.6. The highest BCUT2D eigenvalue weighted by Crippen LogP contribution is 2.21. The lowest BCUT2D eigenvalue weighted by molar-refractivity contribution is -0.136. The van der Waals surface area contributed by atoms with Crippen LogP contribution in [0.15, 0.2) is 28.9 Å². The van der Waals surface area contributed by atoms with Gasteiger partial charge in [-0.05, 0) is 47.0 Å². The molecule has 0 unspecified atom stereocenters. The van der Waals surface area contributed by atoms with Crippen LogP contribution in [0.2, 0.25) is 0 Å². The Hall–Kier alpha value is -1.62. The maximum absolute atomic E-state index is 10.6. The van der Waals surface area contributed by atoms with Gasteiger partial charge in [-0.15, -0.1) is 0 Å². The summed E-state index contributed by atoms with van der Waals surface area (Å²) < 4.78 is 2.64. The Bertz CT molecular complexity index is 620. The fourth-order valence-corrected chi connectivity index (χ4v) is 2.34. The average Bonchev–Trinajstić information content (AvgIpc) is 2.71. The van der Waals surface area contributed by atoms with Crippen LogP contribution in [0, 0.1) is 13.8 Å². The summed E-state index contributed by atoms with van der Waals surface area (Å²) >= 11 is 3.43. The SMILES string of the molecule is Cc1ccc(C)c(-n2cc(Br)c(CCC(=O)O)n2)c1. The summed E-state index contributed by atoms with van der Waals surface area (Å²) in [6.07, 6.45) is 2.38. The number of carbonyl (C=O) groups is 1. The molecule has 0 saturated carbocycles. The van der Waals surface area contributed by atoms with E-state index in [-0.39, 0.29) is 6.42 Å². The van der Waals surface area contributed by atoms with Crippen LogP contribution in [-0.2, 0) is 11.2 Å². The summed E-state index contributed by atoms with van der Waals surface area (Å²) in [5.41, 5.74) is 4.08. The Labute approximate surface area is 120 Å². The number of benzene rings is 1. The monoisotopic (exact) mass is 322 g/mol. The first-order valence-corrected chi connectivity index (χ1v) is 6.80. The van der Waals surface area contributed by atoms with E-state index in [1.165, 1.54) is 5.56 Å². The van der Waals surface area contributed by atoms with Gasteiger partial charge < -0.3 is 5.11 Å². The van der Waals surface area contributed by atoms with Crippen LogP contribution in [0.4, 0.5) is 0 Å². The molecule has 0 bridgehead atoms. The lowest BCUT2D eigenvalue weighted by Crippen LogP contribution is -2.01. The molecule has 0 amide bonds. The summed E-state index contributed by atoms with van der Waals surface area (Å²) in [5, 5.41) is 13.2. The lowest BCUT2D eigenvalue weighted by Gasteiger charge is -2.06. The predicted octanol–water partition coefficient (Wildman–Crippen LogP) is 3.27. The predicted molar refractivity (Wildman–Crippen MR) is 76.7 cm³/mol. The number of aliphatic carboxylic acids is 1. The Morgan fingerprint density at radius 1 is 1.42 bits per heavy atom. The van der Waals surface area contributed by atoms with E-state index in [9.17, 15) is 4.79 Å². The van der Waals surface area contributed by atoms with Gasteiger partial charge in [-0.1, -0.05) is 12.1 Å². The van der Waals surface area contributed by atoms with Gasteiger partial charge >= 0.3 is 5.97 Å². The number of nitrogens with zero attached hydrogens (tertiary/aromatic N) is 2. The van der Waals surface area contributed by atoms with Crippen molar-refractivity contribution in [3.63, 3.8) is 0 Å². The molecule has 2 aromatic rings. The van der Waals surface area contributed by atoms with Gasteiger partial charge in [0.1, 0.15) is 0 Å². The van der Waals surface area contributed by atoms with Gasteiger partial charge in [0.2, 0.25) is 0 Å². The fourth-order valence-electron chi connectivity index (χ4n) is 1.87. The van der Waals surface area contributed by atoms with Crippen LogP contribution in [0.3, 0.4) is 0 Å². The summed E-state index contributed by atoms with van der Waals surface area (Å²) in [6.45, 7) is 4.06. The van der Waals surface area contributed by atoms with E-state index < -0.39 is 5.97 Å². The molecule has 19 heavy (non-hydrogen) atoms. The highest BCUT2D eigenvalue weighted by atomic mass is 79.9. The standard InChI is InChI=1S/C14H15BrN2O2/c1-9-3-4-10(2)13(7-9)17-8-11(15)12(16-17)5-6-14(18)19/h3-4,7-8H,5-6H2,1-2H3,(H,18,19). The van der Waals surface area contributed by atoms with Crippen molar-refractivity contribution in [1.82, 2.24) is 9.78 Å². The van der Waals surface area contributed by atoms with Crippen molar-refractivity contribution in [1.29, 1.82) is 0 Å². The molecule has 1 aromatic carbocycles. The molecule has 1 aromatic heterocycles. The molecule has 0 aliphatic rings. The number of rotatable bonds is 4. The van der Waals surface area contributed by atoms with Crippen molar-refractivity contribution >= 4 is 21.9 Å². The molecule has 0 aliphatic carbocycles. The van der Waals surface area contributed by atoms with E-state index in [0.717, 1.165) is 21.4 Å². The molecular formula is C14H15BrN2O2. The molecule has 2 rings (SSSR count). The first-order chi connectivity index (χ1) is 8.97. The van der Waals surface area contributed by atoms with E-state index in [1.807, 2.05) is 20.0 Å². The number of carboxylic acid groups (broad SMARTS) is 1. The highest BCUT2D eigenvalue weighted by molar-refractivity contribution is 9.10. The summed E-state index contributed by atoms with van der Waals surface area (Å²) in [5.74, 6) is -0.812. The van der Waals surface area contributed by atoms with Crippen molar-refractivity contribution in [3.8, 4) is 5.69 Å². The van der Waals surface area contributed by atoms with Crippen LogP contribution in [0.1, 0.15) is 23.2 Å². The van der Waals surface area contributed by atoms with Gasteiger partial charge in [0.05, 0.1) is 22.3 Å². The van der Waals surface area contributed by atoms with Gasteiger partial charge in [-0.3, -0.25) is 4.79 Å². The molecule has 100 valence electrons. The van der Waals surface area contributed by atoms with Crippen molar-refractivity contribution in [2.75, 3.05) is 0 Å². The molecule has 0 saturated heterocycles. The van der Waals surface area contributed by atoms with Gasteiger partial charge in [-0.2, -0.15) is 5.10 Å². The Balaban J connectivity index is 2.33. The third kappa shape index (κ3) is 3.23. The first kappa shape index (κ1) is 13.8. The third-order valence-corrected chi connectivity index (χ3v) is 3.59. The first-order valence-electron chi connectivity index (χ1n) is 6.01. The zero-order chi connectivity index (χ0) is 14.0. The molecule has 0 spiro atoms. The highest BCUT2D eigenvalue weighted by Gasteiger charge is 2.11. The molecule has 5 heteroatoms. The second-order valence-electron chi connectivity index (χ2n) is 4.55. The number of hydrogen-bond acceptors (Lipinski definition) is 2. The summed E-state index contributed by atoms with van der Waals surface area (Å²) in [6, 6.07) is 6.18. The minimum Gasteiger partial charge on any atom is -0.481 e. The van der Waals surface area contributed by atoms with Crippen molar-refractivity contribution in [3.05, 3.63) is 45.7 Å². The minimum absolute atomic E-state index is 0.0857. The number of aromatic nitrogens is 2. The van der Waals surface area contributed by atoms with Crippen LogP contribution in [-0.4, -0.2) is 20.9 Å². The van der Waals surface area contributed by atoms with Crippen molar-refractivity contribution in [2.24, 2.45) is 0 Å². The van der Waals surface area contributed by atoms with Crippen LogP contribution >= 0.6 is 15.9 Å². The molecule has 0 fully saturated rings. The fraction of sp³-hybridized carbons (Fsp3) is 0.286. The van der Waals surface area contributed by atoms with Crippen molar-refractivity contribution in [2.45, 2.75) is 26.7 Å². The third-order valence-electron chi connectivity index (χ3n) is 2.93. The molecule has 0 atom stereocenters. The normalized spacial score (nSPS) is 10.7. The van der Waals surface area contributed by atoms with Crippen LogP contribution < -0.4 is 0 Å². The summed E-state index contributed by atoms with van der Waals surface area (Å²) in [7, 11) is 0. The molecule has 0 aliphatic heterocycles. The summed E-state index contributed by atoms with van der Waals surface area (Å²) in [4.78, 5) is 10.6. The molecule has 0 radical (unpaired) electrons. The Morgan fingerprint density at radius 2 is 2.16 bits per heavy atom. The Morgan fingerprint density at radius 3 is 2.84 bits per heavy atom. The van der Waals surface area contributed by atoms with Crippen LogP contribution in [0.5, 0.6) is 0 Å². The maximum Gasteiger partial charge on any atom is 0.303 e. The quantitative estimate of drug-likeness (QED) is 0.939. The van der Waals surface area contributed by atoms with E-state index in [1.54, 1.807) is 4.68 Å². The van der Waals surface area contributed by atoms with Crippen molar-refractivity contribution < 1.29 is 9.90 Å². The van der Waals surface area contributed by atoms with E-state index >= 15 is 0 Å². The second kappa shape index (κ2) is 5.57. The van der Waals surface area contributed by atoms with Crippen LogP contribution in [0.25, 0.3) is 5.69 Å². The molecule has 4 nitrogen and oxygen atoms in total. The van der Waals surface area contributed by atoms with E-state index in [4.69, 9.17) is 5.11 Å². The number of carboxylic acids is 1. The second-order valence-corrected chi connectivity index (χ2v) is 5.41. The number of aryl methyl sites for hydroxylation is 3. The zero-order valence-electron chi connectivity index (χ0n) is 10.9. The average molecular weight is 323 g/mol. The van der Waals surface area contributed by atoms with E-state index in [2.05, 4.69) is 39.2 Å². The molecular weight excluding hydrogens is 308 g/mol. The van der Waals surface area contributed by atoms with Gasteiger partial charge in [0, 0.05) is 12.6 Å². The zero-order valence-corrected chi connectivity index (χ0v) is 12.4. The van der Waals surface area contributed by atoms with E-state index in [0.29, 0.717) is 6.42 Å². The largest absolute Gasteiger partial charge is 0.481 e. The molecule has 1 N–H and O–H groups in total. The lowest BCUT2D eigenvalue weighted by atomic mass is 10.1. The topological polar surface area (TPSA) is 55.1 Å². The van der Waals surface area contributed by atoms with Gasteiger partial charge in [0.15, 0.2) is 0 Å². The van der Waals surface area contributed by atoms with Gasteiger partial charge in [-0.25, -0.2) is 4.68 Å². The smallest absolute Gasteiger partial charge is 0.303 e. The number of hydrogen-bond donors (Lipinski definition) is 1. The molecule has 1 heterocycles.